The van der Waals surface area contributed by atoms with Gasteiger partial charge in [0.1, 0.15) is 11.4 Å². The van der Waals surface area contributed by atoms with E-state index >= 15 is 0 Å². The van der Waals surface area contributed by atoms with Crippen molar-refractivity contribution in [1.82, 2.24) is 10.3 Å². The molecule has 1 amide bonds. The molecule has 2 aromatic carbocycles. The highest BCUT2D eigenvalue weighted by Crippen LogP contribution is 2.59. The van der Waals surface area contributed by atoms with Gasteiger partial charge in [-0.1, -0.05) is 37.3 Å². The van der Waals surface area contributed by atoms with Gasteiger partial charge in [0.2, 0.25) is 16.9 Å². The van der Waals surface area contributed by atoms with Crippen molar-refractivity contribution in [3.63, 3.8) is 0 Å². The van der Waals surface area contributed by atoms with Crippen LogP contribution in [0.25, 0.3) is 0 Å². The lowest BCUT2D eigenvalue weighted by atomic mass is 9.81. The number of nitrogens with two attached hydrogens (primary N) is 1. The molecule has 0 spiro atoms. The van der Waals surface area contributed by atoms with Gasteiger partial charge in [-0.2, -0.15) is 0 Å². The molecule has 8 heteroatoms. The molecule has 3 aliphatic rings. The number of ketones is 1. The highest BCUT2D eigenvalue weighted by atomic mass is 16.6. The quantitative estimate of drug-likeness (QED) is 0.445. The van der Waals surface area contributed by atoms with Gasteiger partial charge in [0.15, 0.2) is 0 Å². The molecule has 2 heterocycles. The number of ether oxygens (including phenoxy) is 1. The van der Waals surface area contributed by atoms with E-state index in [1.54, 1.807) is 24.3 Å². The van der Waals surface area contributed by atoms with E-state index in [1.165, 1.54) is 31.0 Å². The third-order valence-corrected chi connectivity index (χ3v) is 7.37. The predicted octanol–water partition coefficient (Wildman–Crippen LogP) is 2.53. The van der Waals surface area contributed by atoms with E-state index in [-0.39, 0.29) is 22.5 Å². The number of pyridine rings is 1. The zero-order chi connectivity index (χ0) is 23.8. The zero-order valence-corrected chi connectivity index (χ0v) is 18.4. The van der Waals surface area contributed by atoms with Gasteiger partial charge >= 0.3 is 0 Å². The lowest BCUT2D eigenvalue weighted by Gasteiger charge is -2.34. The molecule has 0 saturated heterocycles. The number of aliphatic hydroxyl groups is 1. The summed E-state index contributed by atoms with van der Waals surface area (Å²) in [7, 11) is 0. The van der Waals surface area contributed by atoms with Crippen LogP contribution in [-0.2, 0) is 11.3 Å². The molecule has 3 atom stereocenters. The molecule has 0 radical (unpaired) electrons. The zero-order valence-electron chi connectivity index (χ0n) is 18.4. The molecule has 6 rings (SSSR count). The van der Waals surface area contributed by atoms with E-state index in [0.29, 0.717) is 23.1 Å². The largest absolute Gasteiger partial charge is 0.454 e. The molecular weight excluding hydrogens is 434 g/mol. The van der Waals surface area contributed by atoms with Crippen LogP contribution < -0.4 is 21.3 Å². The Morgan fingerprint density at radius 3 is 2.65 bits per heavy atom. The van der Waals surface area contributed by atoms with Crippen molar-refractivity contribution in [2.75, 3.05) is 5.73 Å². The van der Waals surface area contributed by atoms with Crippen LogP contribution in [0.4, 0.5) is 5.69 Å². The average Bonchev–Trinajstić information content (AvgIpc) is 3.60. The Bertz CT molecular complexity index is 1440. The van der Waals surface area contributed by atoms with E-state index in [9.17, 15) is 19.5 Å². The van der Waals surface area contributed by atoms with E-state index in [1.807, 2.05) is 12.1 Å². The van der Waals surface area contributed by atoms with Crippen molar-refractivity contribution in [2.24, 2.45) is 5.92 Å². The van der Waals surface area contributed by atoms with Crippen molar-refractivity contribution in [3.8, 4) is 5.75 Å². The summed E-state index contributed by atoms with van der Waals surface area (Å²) in [6.45, 7) is 2.15. The SMILES string of the molecule is C[C@H](c1ccc2c(c1)O[C@]1(O)c3cccc(N)c3C(=O)[C@]21NC(=O)c1cccc(=O)[nH]1)C1CC1. The van der Waals surface area contributed by atoms with Crippen molar-refractivity contribution < 1.29 is 19.4 Å². The van der Waals surface area contributed by atoms with E-state index < -0.39 is 28.6 Å². The number of aromatic nitrogens is 1. The first-order valence-corrected chi connectivity index (χ1v) is 11.3. The second kappa shape index (κ2) is 6.80. The Morgan fingerprint density at radius 2 is 1.91 bits per heavy atom. The summed E-state index contributed by atoms with van der Waals surface area (Å²) in [6, 6.07) is 14.4. The van der Waals surface area contributed by atoms with E-state index in [2.05, 4.69) is 17.2 Å². The topological polar surface area (TPSA) is 135 Å². The Labute approximate surface area is 194 Å². The summed E-state index contributed by atoms with van der Waals surface area (Å²) >= 11 is 0. The number of carbonyl (C=O) groups excluding carboxylic acids is 2. The molecule has 0 bridgehead atoms. The standard InChI is InChI=1S/C26H23N3O5/c1-13(14-8-9-14)15-10-11-16-20(12-15)34-26(33)17-4-2-5-18(27)22(17)23(31)25(16,26)29-24(32)19-6-3-7-21(30)28-19/h2-7,10-14,33H,8-9,27H2,1H3,(H,28,30)(H,29,32)/t13-,25+,26+/m0/s1. The van der Waals surface area contributed by atoms with Crippen LogP contribution in [-0.4, -0.2) is 21.8 Å². The molecule has 1 aliphatic heterocycles. The van der Waals surface area contributed by atoms with Gasteiger partial charge in [-0.3, -0.25) is 14.4 Å². The molecule has 1 fully saturated rings. The molecule has 172 valence electrons. The number of Topliss-reactive ketones (excluding diaryl/α,β-unsaturated/α-hetero) is 1. The van der Waals surface area contributed by atoms with Gasteiger partial charge in [-0.25, -0.2) is 0 Å². The summed E-state index contributed by atoms with van der Waals surface area (Å²) in [6.07, 6.45) is 2.34. The maximum absolute atomic E-state index is 14.0. The number of hydrogen-bond donors (Lipinski definition) is 4. The highest BCUT2D eigenvalue weighted by Gasteiger charge is 2.72. The first-order valence-electron chi connectivity index (χ1n) is 11.3. The summed E-state index contributed by atoms with van der Waals surface area (Å²) in [5.41, 5.74) is 5.49. The van der Waals surface area contributed by atoms with Crippen molar-refractivity contribution in [2.45, 2.75) is 37.0 Å². The Balaban J connectivity index is 1.54. The minimum Gasteiger partial charge on any atom is -0.454 e. The number of nitrogens with one attached hydrogen (secondary N) is 2. The minimum atomic E-state index is -2.21. The molecule has 8 nitrogen and oxygen atoms in total. The van der Waals surface area contributed by atoms with Crippen LogP contribution in [0.15, 0.2) is 59.4 Å². The normalized spacial score (nSPS) is 25.2. The van der Waals surface area contributed by atoms with Crippen molar-refractivity contribution in [1.29, 1.82) is 0 Å². The Kier molecular flexibility index (Phi) is 4.14. The van der Waals surface area contributed by atoms with Crippen LogP contribution in [0.5, 0.6) is 5.75 Å². The lowest BCUT2D eigenvalue weighted by Crippen LogP contribution is -2.60. The molecule has 0 unspecified atom stereocenters. The van der Waals surface area contributed by atoms with Crippen molar-refractivity contribution in [3.05, 3.63) is 92.9 Å². The fourth-order valence-electron chi connectivity index (χ4n) is 5.36. The van der Waals surface area contributed by atoms with Gasteiger partial charge in [0, 0.05) is 22.9 Å². The monoisotopic (exact) mass is 457 g/mol. The third-order valence-electron chi connectivity index (χ3n) is 7.37. The van der Waals surface area contributed by atoms with Crippen molar-refractivity contribution >= 4 is 17.4 Å². The number of carbonyl (C=O) groups is 2. The smallest absolute Gasteiger partial charge is 0.271 e. The third kappa shape index (κ3) is 2.60. The molecular formula is C26H23N3O5. The fraction of sp³-hybridized carbons (Fsp3) is 0.269. The minimum absolute atomic E-state index is 0.0478. The number of anilines is 1. The Hall–Kier alpha value is -3.91. The summed E-state index contributed by atoms with van der Waals surface area (Å²) in [4.78, 5) is 41.5. The molecule has 34 heavy (non-hydrogen) atoms. The number of H-pyrrole nitrogens is 1. The maximum atomic E-state index is 14.0. The number of benzene rings is 2. The highest BCUT2D eigenvalue weighted by molar-refractivity contribution is 6.15. The summed E-state index contributed by atoms with van der Waals surface area (Å²) in [5.74, 6) is -2.27. The van der Waals surface area contributed by atoms with Gasteiger partial charge in [0.05, 0.1) is 5.56 Å². The summed E-state index contributed by atoms with van der Waals surface area (Å²) < 4.78 is 6.12. The van der Waals surface area contributed by atoms with Gasteiger partial charge in [0.25, 0.3) is 11.7 Å². The van der Waals surface area contributed by atoms with Crippen LogP contribution in [0.3, 0.4) is 0 Å². The number of rotatable bonds is 4. The number of fused-ring (bicyclic) bond motifs is 5. The van der Waals surface area contributed by atoms with Crippen LogP contribution in [0, 0.1) is 5.92 Å². The molecule has 1 saturated carbocycles. The molecule has 2 aliphatic carbocycles. The number of amides is 1. The second-order valence-corrected chi connectivity index (χ2v) is 9.36. The van der Waals surface area contributed by atoms with Gasteiger partial charge < -0.3 is 25.9 Å². The fourth-order valence-corrected chi connectivity index (χ4v) is 5.36. The number of hydrogen-bond acceptors (Lipinski definition) is 6. The molecule has 5 N–H and O–H groups in total. The van der Waals surface area contributed by atoms with Gasteiger partial charge in [-0.15, -0.1) is 0 Å². The second-order valence-electron chi connectivity index (χ2n) is 9.36. The van der Waals surface area contributed by atoms with Crippen LogP contribution >= 0.6 is 0 Å². The first kappa shape index (κ1) is 20.7. The van der Waals surface area contributed by atoms with Crippen LogP contribution in [0.1, 0.15) is 63.2 Å². The van der Waals surface area contributed by atoms with E-state index in [0.717, 1.165) is 5.56 Å². The molecule has 3 aromatic rings. The lowest BCUT2D eigenvalue weighted by molar-refractivity contribution is -0.169. The number of aromatic amines is 1. The summed E-state index contributed by atoms with van der Waals surface area (Å²) in [5, 5.41) is 14.7. The first-order chi connectivity index (χ1) is 16.3. The Morgan fingerprint density at radius 1 is 1.15 bits per heavy atom. The van der Waals surface area contributed by atoms with Gasteiger partial charge in [-0.05, 0) is 48.4 Å². The maximum Gasteiger partial charge on any atom is 0.271 e. The van der Waals surface area contributed by atoms with Crippen LogP contribution in [0.2, 0.25) is 0 Å². The number of nitrogen functional groups attached to an aromatic ring is 1. The predicted molar refractivity (Wildman–Crippen MR) is 123 cm³/mol. The molecule has 1 aromatic heterocycles. The van der Waals surface area contributed by atoms with E-state index in [4.69, 9.17) is 10.5 Å². The average molecular weight is 457 g/mol.